The van der Waals surface area contributed by atoms with Gasteiger partial charge in [0, 0.05) is 28.2 Å². The number of anilines is 1. The van der Waals surface area contributed by atoms with Gasteiger partial charge in [-0.2, -0.15) is 0 Å². The average Bonchev–Trinajstić information content (AvgIpc) is 3.43. The summed E-state index contributed by atoms with van der Waals surface area (Å²) in [5.41, 5.74) is 1.13. The standard InChI is InChI=1S/C30H32Cl2FN3O4S/c1-20-11-13-27(14-12-20)41(39,40)36(26-16-23(31)15-24(32)17-26)19-29(37)35(18-22-7-3-6-10-28(22)33)21(2)30(38)34-25-8-4-5-9-25/h3,6-7,10-17,21,25H,4-5,8-9,18-19H2,1-2H3,(H,34,38). The van der Waals surface area contributed by atoms with Gasteiger partial charge in [0.1, 0.15) is 18.4 Å². The summed E-state index contributed by atoms with van der Waals surface area (Å²) in [6.07, 6.45) is 3.70. The zero-order valence-corrected chi connectivity index (χ0v) is 25.1. The number of aryl methyl sites for hydroxylation is 1. The van der Waals surface area contributed by atoms with Crippen LogP contribution in [0.15, 0.2) is 71.6 Å². The van der Waals surface area contributed by atoms with Gasteiger partial charge in [0.25, 0.3) is 10.0 Å². The number of halogens is 3. The lowest BCUT2D eigenvalue weighted by atomic mass is 10.1. The Bertz CT molecular complexity index is 1490. The largest absolute Gasteiger partial charge is 0.352 e. The van der Waals surface area contributed by atoms with E-state index in [4.69, 9.17) is 23.2 Å². The summed E-state index contributed by atoms with van der Waals surface area (Å²) >= 11 is 12.4. The molecule has 4 rings (SSSR count). The highest BCUT2D eigenvalue weighted by Gasteiger charge is 2.34. The fourth-order valence-corrected chi connectivity index (χ4v) is 6.75. The summed E-state index contributed by atoms with van der Waals surface area (Å²) in [6.45, 7) is 2.47. The highest BCUT2D eigenvalue weighted by molar-refractivity contribution is 7.92. The molecule has 1 saturated carbocycles. The van der Waals surface area contributed by atoms with Crippen molar-refractivity contribution < 1.29 is 22.4 Å². The maximum absolute atomic E-state index is 14.7. The predicted molar refractivity (Wildman–Crippen MR) is 159 cm³/mol. The monoisotopic (exact) mass is 619 g/mol. The van der Waals surface area contributed by atoms with E-state index in [2.05, 4.69) is 5.32 Å². The zero-order chi connectivity index (χ0) is 29.7. The number of sulfonamides is 1. The molecule has 7 nitrogen and oxygen atoms in total. The lowest BCUT2D eigenvalue weighted by Gasteiger charge is -2.32. The number of nitrogens with one attached hydrogen (secondary N) is 1. The second kappa shape index (κ2) is 13.2. The summed E-state index contributed by atoms with van der Waals surface area (Å²) in [4.78, 5) is 28.4. The molecule has 0 spiro atoms. The summed E-state index contributed by atoms with van der Waals surface area (Å²) in [6, 6.07) is 15.4. The van der Waals surface area contributed by atoms with Crippen LogP contribution in [0, 0.1) is 12.7 Å². The van der Waals surface area contributed by atoms with Crippen molar-refractivity contribution in [2.75, 3.05) is 10.8 Å². The summed E-state index contributed by atoms with van der Waals surface area (Å²) < 4.78 is 43.4. The Labute approximate surface area is 250 Å². The molecule has 0 saturated heterocycles. The van der Waals surface area contributed by atoms with Gasteiger partial charge in [-0.3, -0.25) is 13.9 Å². The number of hydrogen-bond donors (Lipinski definition) is 1. The van der Waals surface area contributed by atoms with E-state index < -0.39 is 34.3 Å². The molecule has 41 heavy (non-hydrogen) atoms. The minimum absolute atomic E-state index is 0.00220. The van der Waals surface area contributed by atoms with Crippen molar-refractivity contribution in [3.8, 4) is 0 Å². The van der Waals surface area contributed by atoms with Gasteiger partial charge >= 0.3 is 0 Å². The van der Waals surface area contributed by atoms with Crippen molar-refractivity contribution in [1.29, 1.82) is 0 Å². The van der Waals surface area contributed by atoms with Gasteiger partial charge in [-0.05, 0) is 63.1 Å². The van der Waals surface area contributed by atoms with Gasteiger partial charge < -0.3 is 10.2 Å². The van der Waals surface area contributed by atoms with Crippen molar-refractivity contribution in [2.24, 2.45) is 0 Å². The Morgan fingerprint density at radius 2 is 1.61 bits per heavy atom. The molecule has 218 valence electrons. The SMILES string of the molecule is Cc1ccc(S(=O)(=O)N(CC(=O)N(Cc2ccccc2F)C(C)C(=O)NC2CCCC2)c2cc(Cl)cc(Cl)c2)cc1. The maximum Gasteiger partial charge on any atom is 0.264 e. The molecule has 3 aromatic carbocycles. The molecule has 0 aromatic heterocycles. The second-order valence-electron chi connectivity index (χ2n) is 10.2. The lowest BCUT2D eigenvalue weighted by molar-refractivity contribution is -0.139. The van der Waals surface area contributed by atoms with E-state index in [0.717, 1.165) is 35.6 Å². The first-order valence-corrected chi connectivity index (χ1v) is 15.5. The maximum atomic E-state index is 14.7. The van der Waals surface area contributed by atoms with Crippen LogP contribution in [0.1, 0.15) is 43.7 Å². The van der Waals surface area contributed by atoms with E-state index >= 15 is 0 Å². The Morgan fingerprint density at radius 3 is 2.22 bits per heavy atom. The van der Waals surface area contributed by atoms with Crippen LogP contribution in [0.5, 0.6) is 0 Å². The molecule has 0 bridgehead atoms. The second-order valence-corrected chi connectivity index (χ2v) is 13.0. The summed E-state index contributed by atoms with van der Waals surface area (Å²) in [5.74, 6) is -1.63. The molecule has 11 heteroatoms. The molecule has 0 heterocycles. The van der Waals surface area contributed by atoms with Gasteiger partial charge in [0.2, 0.25) is 11.8 Å². The molecule has 1 aliphatic rings. The van der Waals surface area contributed by atoms with E-state index in [1.54, 1.807) is 25.1 Å². The van der Waals surface area contributed by atoms with Crippen molar-refractivity contribution >= 4 is 50.7 Å². The minimum Gasteiger partial charge on any atom is -0.352 e. The Balaban J connectivity index is 1.72. The molecule has 0 radical (unpaired) electrons. The highest BCUT2D eigenvalue weighted by atomic mass is 35.5. The number of nitrogens with zero attached hydrogens (tertiary/aromatic N) is 2. The van der Waals surface area contributed by atoms with Gasteiger partial charge in [0.05, 0.1) is 10.6 Å². The topological polar surface area (TPSA) is 86.8 Å². The van der Waals surface area contributed by atoms with Gasteiger partial charge in [-0.25, -0.2) is 12.8 Å². The average molecular weight is 621 g/mol. The van der Waals surface area contributed by atoms with Crippen LogP contribution in [0.3, 0.4) is 0 Å². The van der Waals surface area contributed by atoms with E-state index in [0.29, 0.717) is 0 Å². The van der Waals surface area contributed by atoms with Crippen LogP contribution in [0.4, 0.5) is 10.1 Å². The van der Waals surface area contributed by atoms with Crippen LogP contribution in [0.25, 0.3) is 0 Å². The number of hydrogen-bond acceptors (Lipinski definition) is 4. The molecule has 1 N–H and O–H groups in total. The number of rotatable bonds is 10. The smallest absolute Gasteiger partial charge is 0.264 e. The van der Waals surface area contributed by atoms with Gasteiger partial charge in [0.15, 0.2) is 0 Å². The summed E-state index contributed by atoms with van der Waals surface area (Å²) in [5, 5.41) is 3.34. The molecule has 1 unspecified atom stereocenters. The molecule has 0 aliphatic heterocycles. The highest BCUT2D eigenvalue weighted by Crippen LogP contribution is 2.30. The Kier molecular flexibility index (Phi) is 9.94. The Morgan fingerprint density at radius 1 is 1.00 bits per heavy atom. The molecular formula is C30H32Cl2FN3O4S. The molecule has 1 atom stereocenters. The minimum atomic E-state index is -4.28. The first-order valence-electron chi connectivity index (χ1n) is 13.3. The van der Waals surface area contributed by atoms with Crippen LogP contribution in [-0.2, 0) is 26.2 Å². The third kappa shape index (κ3) is 7.58. The van der Waals surface area contributed by atoms with Crippen LogP contribution < -0.4 is 9.62 Å². The number of benzene rings is 3. The van der Waals surface area contributed by atoms with Gasteiger partial charge in [-0.15, -0.1) is 0 Å². The quantitative estimate of drug-likeness (QED) is 0.296. The number of carbonyl (C=O) groups excluding carboxylic acids is 2. The molecule has 2 amide bonds. The normalized spacial score (nSPS) is 14.5. The van der Waals surface area contributed by atoms with Crippen molar-refractivity contribution in [3.05, 3.63) is 93.7 Å². The van der Waals surface area contributed by atoms with Crippen LogP contribution >= 0.6 is 23.2 Å². The lowest BCUT2D eigenvalue weighted by Crippen LogP contribution is -2.52. The number of carbonyl (C=O) groups is 2. The molecular weight excluding hydrogens is 588 g/mol. The van der Waals surface area contributed by atoms with E-state index in [1.165, 1.54) is 53.4 Å². The van der Waals surface area contributed by atoms with Crippen molar-refractivity contribution in [2.45, 2.75) is 63.1 Å². The van der Waals surface area contributed by atoms with Crippen LogP contribution in [-0.4, -0.2) is 43.8 Å². The molecule has 1 aliphatic carbocycles. The molecule has 1 fully saturated rings. The fourth-order valence-electron chi connectivity index (χ4n) is 4.83. The van der Waals surface area contributed by atoms with Gasteiger partial charge in [-0.1, -0.05) is 71.9 Å². The Hall–Kier alpha value is -3.14. The third-order valence-corrected chi connectivity index (χ3v) is 9.42. The van der Waals surface area contributed by atoms with E-state index in [-0.39, 0.29) is 44.7 Å². The zero-order valence-electron chi connectivity index (χ0n) is 22.8. The van der Waals surface area contributed by atoms with Crippen molar-refractivity contribution in [3.63, 3.8) is 0 Å². The van der Waals surface area contributed by atoms with E-state index in [9.17, 15) is 22.4 Å². The first-order chi connectivity index (χ1) is 19.5. The number of amides is 2. The predicted octanol–water partition coefficient (Wildman–Crippen LogP) is 6.11. The third-order valence-electron chi connectivity index (χ3n) is 7.19. The first kappa shape index (κ1) is 30.8. The fraction of sp³-hybridized carbons (Fsp3) is 0.333. The van der Waals surface area contributed by atoms with E-state index in [1.807, 2.05) is 6.92 Å². The van der Waals surface area contributed by atoms with Crippen molar-refractivity contribution in [1.82, 2.24) is 10.2 Å². The summed E-state index contributed by atoms with van der Waals surface area (Å²) in [7, 11) is -4.28. The molecule has 3 aromatic rings. The van der Waals surface area contributed by atoms with Crippen LogP contribution in [0.2, 0.25) is 10.0 Å².